The van der Waals surface area contributed by atoms with Crippen LogP contribution in [0.2, 0.25) is 0 Å². The van der Waals surface area contributed by atoms with E-state index in [4.69, 9.17) is 0 Å². The zero-order valence-corrected chi connectivity index (χ0v) is 9.97. The van der Waals surface area contributed by atoms with Crippen molar-refractivity contribution in [2.45, 2.75) is 31.8 Å². The van der Waals surface area contributed by atoms with Crippen LogP contribution in [0.4, 0.5) is 0 Å². The molecule has 1 radical (unpaired) electrons. The molecule has 1 heterocycles. The molecule has 0 aromatic heterocycles. The predicted octanol–water partition coefficient (Wildman–Crippen LogP) is 2.04. The van der Waals surface area contributed by atoms with E-state index < -0.39 is 6.10 Å². The zero-order chi connectivity index (χ0) is 12.1. The van der Waals surface area contributed by atoms with E-state index in [0.717, 1.165) is 6.42 Å². The van der Waals surface area contributed by atoms with Gasteiger partial charge in [0, 0.05) is 19.5 Å². The summed E-state index contributed by atoms with van der Waals surface area (Å²) < 4.78 is 0. The fourth-order valence-electron chi connectivity index (χ4n) is 2.16. The molecule has 1 aliphatic rings. The van der Waals surface area contributed by atoms with E-state index in [1.165, 1.54) is 5.56 Å². The van der Waals surface area contributed by atoms with Crippen LogP contribution in [0.15, 0.2) is 30.3 Å². The molecule has 2 rings (SSSR count). The molecule has 0 N–H and O–H groups in total. The minimum atomic E-state index is -0.465. The molecule has 3 nitrogen and oxygen atoms in total. The molecule has 0 spiro atoms. The van der Waals surface area contributed by atoms with Gasteiger partial charge in [0.2, 0.25) is 5.91 Å². The van der Waals surface area contributed by atoms with Gasteiger partial charge in [-0.25, -0.2) is 5.11 Å². The van der Waals surface area contributed by atoms with Crippen molar-refractivity contribution in [3.05, 3.63) is 35.9 Å². The molecular weight excluding hydrogens is 214 g/mol. The van der Waals surface area contributed by atoms with E-state index in [1.807, 2.05) is 35.2 Å². The summed E-state index contributed by atoms with van der Waals surface area (Å²) in [5.41, 5.74) is 1.19. The number of hydrogen-bond acceptors (Lipinski definition) is 1. The minimum Gasteiger partial charge on any atom is -0.342 e. The van der Waals surface area contributed by atoms with Crippen molar-refractivity contribution in [1.82, 2.24) is 4.90 Å². The van der Waals surface area contributed by atoms with Crippen molar-refractivity contribution in [1.29, 1.82) is 0 Å². The van der Waals surface area contributed by atoms with Gasteiger partial charge in [-0.2, -0.15) is 0 Å². The van der Waals surface area contributed by atoms with Crippen molar-refractivity contribution in [3.63, 3.8) is 0 Å². The van der Waals surface area contributed by atoms with Gasteiger partial charge in [0.25, 0.3) is 0 Å². The average molecular weight is 232 g/mol. The summed E-state index contributed by atoms with van der Waals surface area (Å²) in [5, 5.41) is 11.2. The Morgan fingerprint density at radius 3 is 2.47 bits per heavy atom. The molecule has 0 aliphatic carbocycles. The van der Waals surface area contributed by atoms with Gasteiger partial charge >= 0.3 is 0 Å². The fourth-order valence-corrected chi connectivity index (χ4v) is 2.16. The normalized spacial score (nSPS) is 17.1. The van der Waals surface area contributed by atoms with E-state index >= 15 is 0 Å². The lowest BCUT2D eigenvalue weighted by Crippen LogP contribution is -2.39. The summed E-state index contributed by atoms with van der Waals surface area (Å²) in [6, 6.07) is 10.0. The molecule has 0 saturated carbocycles. The molecule has 0 atom stereocenters. The summed E-state index contributed by atoms with van der Waals surface area (Å²) in [5.74, 6) is 0.181. The van der Waals surface area contributed by atoms with Crippen LogP contribution in [0.25, 0.3) is 0 Å². The number of hydrogen-bond donors (Lipinski definition) is 0. The van der Waals surface area contributed by atoms with Crippen molar-refractivity contribution in [2.75, 3.05) is 13.1 Å². The quantitative estimate of drug-likeness (QED) is 0.786. The van der Waals surface area contributed by atoms with Gasteiger partial charge < -0.3 is 4.90 Å². The predicted molar refractivity (Wildman–Crippen MR) is 65.1 cm³/mol. The third kappa shape index (κ3) is 3.56. The lowest BCUT2D eigenvalue weighted by Gasteiger charge is -2.28. The summed E-state index contributed by atoms with van der Waals surface area (Å²) >= 11 is 0. The number of piperidine rings is 1. The Labute approximate surface area is 102 Å². The Kier molecular flexibility index (Phi) is 4.15. The third-order valence-corrected chi connectivity index (χ3v) is 3.27. The fraction of sp³-hybridized carbons (Fsp3) is 0.500. The Bertz CT molecular complexity index is 356. The lowest BCUT2D eigenvalue weighted by molar-refractivity contribution is -0.133. The molecule has 3 heteroatoms. The highest BCUT2D eigenvalue weighted by atomic mass is 16.3. The van der Waals surface area contributed by atoms with E-state index in [0.29, 0.717) is 32.4 Å². The van der Waals surface area contributed by atoms with Crippen LogP contribution in [0.5, 0.6) is 0 Å². The zero-order valence-electron chi connectivity index (χ0n) is 9.97. The first-order valence-corrected chi connectivity index (χ1v) is 6.23. The van der Waals surface area contributed by atoms with E-state index in [-0.39, 0.29) is 5.91 Å². The number of rotatable bonds is 3. The molecule has 1 aromatic carbocycles. The van der Waals surface area contributed by atoms with Gasteiger partial charge in [0.15, 0.2) is 0 Å². The third-order valence-electron chi connectivity index (χ3n) is 3.27. The maximum atomic E-state index is 11.9. The molecule has 1 amide bonds. The summed E-state index contributed by atoms with van der Waals surface area (Å²) in [6.45, 7) is 1.28. The summed E-state index contributed by atoms with van der Waals surface area (Å²) in [7, 11) is 0. The second kappa shape index (κ2) is 5.82. The largest absolute Gasteiger partial charge is 0.342 e. The van der Waals surface area contributed by atoms with Crippen LogP contribution in [0.1, 0.15) is 24.8 Å². The first-order chi connectivity index (χ1) is 8.25. The van der Waals surface area contributed by atoms with Gasteiger partial charge in [0.1, 0.15) is 0 Å². The van der Waals surface area contributed by atoms with Gasteiger partial charge in [0.05, 0.1) is 6.10 Å². The number of benzene rings is 1. The number of aryl methyl sites for hydroxylation is 1. The van der Waals surface area contributed by atoms with Crippen LogP contribution in [-0.4, -0.2) is 30.0 Å². The van der Waals surface area contributed by atoms with Crippen molar-refractivity contribution in [3.8, 4) is 0 Å². The Morgan fingerprint density at radius 1 is 1.18 bits per heavy atom. The molecule has 1 saturated heterocycles. The van der Waals surface area contributed by atoms with Crippen molar-refractivity contribution < 1.29 is 9.90 Å². The van der Waals surface area contributed by atoms with Crippen molar-refractivity contribution >= 4 is 5.91 Å². The van der Waals surface area contributed by atoms with Gasteiger partial charge in [-0.3, -0.25) is 4.79 Å². The summed E-state index contributed by atoms with van der Waals surface area (Å²) in [4.78, 5) is 13.7. The molecule has 1 aliphatic heterocycles. The minimum absolute atomic E-state index is 0.181. The number of carbonyl (C=O) groups excluding carboxylic acids is 1. The standard InChI is InChI=1S/C14H18NO2/c16-13-8-10-15(11-9-13)14(17)7-6-12-4-2-1-3-5-12/h1-5,13H,6-11H2. The highest BCUT2D eigenvalue weighted by molar-refractivity contribution is 5.76. The monoisotopic (exact) mass is 232 g/mol. The first kappa shape index (κ1) is 12.1. The number of nitrogens with zero attached hydrogens (tertiary/aromatic N) is 1. The lowest BCUT2D eigenvalue weighted by atomic mass is 10.1. The average Bonchev–Trinajstić information content (AvgIpc) is 2.38. The number of carbonyl (C=O) groups is 1. The Balaban J connectivity index is 1.78. The SMILES string of the molecule is [O]C1CCN(C(=O)CCc2ccccc2)CC1. The van der Waals surface area contributed by atoms with E-state index in [1.54, 1.807) is 0 Å². The van der Waals surface area contributed by atoms with Gasteiger partial charge in [-0.15, -0.1) is 0 Å². The number of likely N-dealkylation sites (tertiary alicyclic amines) is 1. The molecule has 0 bridgehead atoms. The number of amides is 1. The van der Waals surface area contributed by atoms with E-state index in [9.17, 15) is 9.90 Å². The molecule has 1 fully saturated rings. The van der Waals surface area contributed by atoms with Gasteiger partial charge in [-0.05, 0) is 24.8 Å². The Morgan fingerprint density at radius 2 is 1.82 bits per heavy atom. The second-order valence-electron chi connectivity index (χ2n) is 4.57. The summed E-state index contributed by atoms with van der Waals surface area (Å²) in [6.07, 6.45) is 2.09. The highest BCUT2D eigenvalue weighted by Crippen LogP contribution is 2.12. The second-order valence-corrected chi connectivity index (χ2v) is 4.57. The smallest absolute Gasteiger partial charge is 0.222 e. The maximum absolute atomic E-state index is 11.9. The molecule has 17 heavy (non-hydrogen) atoms. The van der Waals surface area contributed by atoms with E-state index in [2.05, 4.69) is 0 Å². The molecule has 91 valence electrons. The first-order valence-electron chi connectivity index (χ1n) is 6.23. The van der Waals surface area contributed by atoms with Crippen LogP contribution < -0.4 is 0 Å². The van der Waals surface area contributed by atoms with Crippen LogP contribution in [0, 0.1) is 0 Å². The highest BCUT2D eigenvalue weighted by Gasteiger charge is 2.21. The molecule has 0 unspecified atom stereocenters. The van der Waals surface area contributed by atoms with Crippen LogP contribution >= 0.6 is 0 Å². The van der Waals surface area contributed by atoms with Crippen LogP contribution in [0.3, 0.4) is 0 Å². The Hall–Kier alpha value is -1.35. The van der Waals surface area contributed by atoms with Crippen LogP contribution in [-0.2, 0) is 16.3 Å². The molecular formula is C14H18NO2. The molecule has 1 aromatic rings. The van der Waals surface area contributed by atoms with Gasteiger partial charge in [-0.1, -0.05) is 30.3 Å². The van der Waals surface area contributed by atoms with Crippen molar-refractivity contribution in [2.24, 2.45) is 0 Å². The topological polar surface area (TPSA) is 40.2 Å². The maximum Gasteiger partial charge on any atom is 0.222 e.